The van der Waals surface area contributed by atoms with Crippen molar-refractivity contribution in [2.24, 2.45) is 5.41 Å². The summed E-state index contributed by atoms with van der Waals surface area (Å²) in [6, 6.07) is 0. The lowest BCUT2D eigenvalue weighted by Gasteiger charge is -2.35. The molecule has 0 aromatic heterocycles. The van der Waals surface area contributed by atoms with E-state index < -0.39 is 11.0 Å². The lowest BCUT2D eigenvalue weighted by atomic mass is 9.75. The first-order valence-corrected chi connectivity index (χ1v) is 6.16. The highest BCUT2D eigenvalue weighted by Gasteiger charge is 2.48. The third kappa shape index (κ3) is 3.28. The Morgan fingerprint density at radius 3 is 2.18 bits per heavy atom. The van der Waals surface area contributed by atoms with E-state index in [1.54, 1.807) is 6.92 Å². The molecule has 0 saturated carbocycles. The van der Waals surface area contributed by atoms with Crippen LogP contribution in [0.5, 0.6) is 0 Å². The fourth-order valence-electron chi connectivity index (χ4n) is 2.03. The van der Waals surface area contributed by atoms with E-state index in [9.17, 15) is 9.59 Å². The number of Topliss-reactive ketones (excluding diaryl/α,β-unsaturated/α-hetero) is 1. The van der Waals surface area contributed by atoms with Crippen LogP contribution in [-0.4, -0.2) is 30.6 Å². The first-order valence-electron chi connectivity index (χ1n) is 6.16. The first kappa shape index (κ1) is 14.2. The van der Waals surface area contributed by atoms with Gasteiger partial charge in [-0.3, -0.25) is 9.59 Å². The van der Waals surface area contributed by atoms with Gasteiger partial charge in [0.25, 0.3) is 0 Å². The molecule has 1 rings (SSSR count). The average molecular weight is 242 g/mol. The van der Waals surface area contributed by atoms with Crippen LogP contribution in [0.3, 0.4) is 0 Å². The van der Waals surface area contributed by atoms with Crippen molar-refractivity contribution in [1.82, 2.24) is 0 Å². The standard InChI is InChI=1S/C13H22O4/c1-5-10(14)13(6-8-16-9-7-13)11(15)17-12(2,3)4/h5-9H2,1-4H3. The van der Waals surface area contributed by atoms with Gasteiger partial charge in [0.1, 0.15) is 16.8 Å². The van der Waals surface area contributed by atoms with Gasteiger partial charge in [0.2, 0.25) is 0 Å². The molecular weight excluding hydrogens is 220 g/mol. The van der Waals surface area contributed by atoms with Gasteiger partial charge >= 0.3 is 5.97 Å². The van der Waals surface area contributed by atoms with Crippen molar-refractivity contribution in [3.63, 3.8) is 0 Å². The quantitative estimate of drug-likeness (QED) is 0.562. The maximum atomic E-state index is 12.2. The molecular formula is C13H22O4. The Hall–Kier alpha value is -0.900. The van der Waals surface area contributed by atoms with E-state index in [0.717, 1.165) is 0 Å². The zero-order valence-electron chi connectivity index (χ0n) is 11.2. The minimum absolute atomic E-state index is 0.0324. The molecule has 1 aliphatic heterocycles. The Kier molecular flexibility index (Phi) is 4.31. The molecule has 17 heavy (non-hydrogen) atoms. The van der Waals surface area contributed by atoms with Crippen molar-refractivity contribution in [3.8, 4) is 0 Å². The van der Waals surface area contributed by atoms with Crippen LogP contribution < -0.4 is 0 Å². The maximum absolute atomic E-state index is 12.2. The zero-order valence-corrected chi connectivity index (χ0v) is 11.2. The monoisotopic (exact) mass is 242 g/mol. The van der Waals surface area contributed by atoms with Crippen LogP contribution in [0.15, 0.2) is 0 Å². The number of hydrogen-bond donors (Lipinski definition) is 0. The maximum Gasteiger partial charge on any atom is 0.320 e. The molecule has 0 bridgehead atoms. The molecule has 0 spiro atoms. The fourth-order valence-corrected chi connectivity index (χ4v) is 2.03. The third-order valence-electron chi connectivity index (χ3n) is 2.99. The number of ketones is 1. The zero-order chi connectivity index (χ0) is 13.1. The smallest absolute Gasteiger partial charge is 0.320 e. The van der Waals surface area contributed by atoms with Crippen molar-refractivity contribution in [2.45, 2.75) is 52.6 Å². The Balaban J connectivity index is 2.90. The first-order chi connectivity index (χ1) is 7.82. The lowest BCUT2D eigenvalue weighted by molar-refractivity contribution is -0.176. The minimum atomic E-state index is -0.972. The molecule has 1 aliphatic rings. The van der Waals surface area contributed by atoms with Gasteiger partial charge in [0, 0.05) is 19.6 Å². The molecule has 1 saturated heterocycles. The Morgan fingerprint density at radius 2 is 1.76 bits per heavy atom. The highest BCUT2D eigenvalue weighted by atomic mass is 16.6. The van der Waals surface area contributed by atoms with E-state index in [1.165, 1.54) is 0 Å². The largest absolute Gasteiger partial charge is 0.459 e. The van der Waals surface area contributed by atoms with Crippen LogP contribution in [0.25, 0.3) is 0 Å². The summed E-state index contributed by atoms with van der Waals surface area (Å²) in [6.45, 7) is 8.12. The molecule has 0 radical (unpaired) electrons. The summed E-state index contributed by atoms with van der Waals surface area (Å²) in [5.74, 6) is -0.421. The second-order valence-corrected chi connectivity index (χ2v) is 5.47. The Bertz CT molecular complexity index is 295. The van der Waals surface area contributed by atoms with Crippen molar-refractivity contribution < 1.29 is 19.1 Å². The number of rotatable bonds is 3. The summed E-state index contributed by atoms with van der Waals surface area (Å²) in [7, 11) is 0. The van der Waals surface area contributed by atoms with Gasteiger partial charge < -0.3 is 9.47 Å². The summed E-state index contributed by atoms with van der Waals surface area (Å²) in [4.78, 5) is 24.3. The normalized spacial score (nSPS) is 19.8. The SMILES string of the molecule is CCC(=O)C1(C(=O)OC(C)(C)C)CCOCC1. The third-order valence-corrected chi connectivity index (χ3v) is 2.99. The van der Waals surface area contributed by atoms with Gasteiger partial charge in [0.15, 0.2) is 0 Å². The summed E-state index contributed by atoms with van der Waals surface area (Å²) in [6.07, 6.45) is 1.24. The van der Waals surface area contributed by atoms with Crippen molar-refractivity contribution in [1.29, 1.82) is 0 Å². The highest BCUT2D eigenvalue weighted by Crippen LogP contribution is 2.35. The van der Waals surface area contributed by atoms with E-state index in [2.05, 4.69) is 0 Å². The van der Waals surface area contributed by atoms with Crippen LogP contribution in [0.1, 0.15) is 47.0 Å². The predicted octanol–water partition coefficient (Wildman–Crippen LogP) is 2.10. The van der Waals surface area contributed by atoms with Crippen LogP contribution in [0, 0.1) is 5.41 Å². The number of carbonyl (C=O) groups is 2. The van der Waals surface area contributed by atoms with Gasteiger partial charge in [0.05, 0.1) is 0 Å². The van der Waals surface area contributed by atoms with Gasteiger partial charge in [-0.25, -0.2) is 0 Å². The second-order valence-electron chi connectivity index (χ2n) is 5.47. The number of carbonyl (C=O) groups excluding carboxylic acids is 2. The second kappa shape index (κ2) is 5.17. The highest BCUT2D eigenvalue weighted by molar-refractivity contribution is 6.03. The molecule has 0 aromatic carbocycles. The Morgan fingerprint density at radius 1 is 1.24 bits per heavy atom. The fraction of sp³-hybridized carbons (Fsp3) is 0.846. The number of esters is 1. The molecule has 0 N–H and O–H groups in total. The van der Waals surface area contributed by atoms with Crippen LogP contribution in [0.2, 0.25) is 0 Å². The summed E-state index contributed by atoms with van der Waals surface area (Å²) < 4.78 is 10.6. The molecule has 1 heterocycles. The molecule has 0 unspecified atom stereocenters. The number of hydrogen-bond acceptors (Lipinski definition) is 4. The van der Waals surface area contributed by atoms with E-state index in [4.69, 9.17) is 9.47 Å². The van der Waals surface area contributed by atoms with Crippen LogP contribution in [-0.2, 0) is 19.1 Å². The molecule has 0 aromatic rings. The van der Waals surface area contributed by atoms with Gasteiger partial charge in [-0.1, -0.05) is 6.92 Å². The van der Waals surface area contributed by atoms with E-state index >= 15 is 0 Å². The molecule has 0 amide bonds. The molecule has 4 nitrogen and oxygen atoms in total. The van der Waals surface area contributed by atoms with Gasteiger partial charge in [-0.15, -0.1) is 0 Å². The topological polar surface area (TPSA) is 52.6 Å². The predicted molar refractivity (Wildman–Crippen MR) is 63.6 cm³/mol. The molecule has 4 heteroatoms. The summed E-state index contributed by atoms with van der Waals surface area (Å²) in [5, 5.41) is 0. The van der Waals surface area contributed by atoms with E-state index in [1.807, 2.05) is 20.8 Å². The van der Waals surface area contributed by atoms with Crippen molar-refractivity contribution >= 4 is 11.8 Å². The minimum Gasteiger partial charge on any atom is -0.459 e. The van der Waals surface area contributed by atoms with Crippen molar-refractivity contribution in [3.05, 3.63) is 0 Å². The van der Waals surface area contributed by atoms with Gasteiger partial charge in [-0.05, 0) is 33.6 Å². The van der Waals surface area contributed by atoms with Crippen LogP contribution >= 0.6 is 0 Å². The van der Waals surface area contributed by atoms with Crippen LogP contribution in [0.4, 0.5) is 0 Å². The average Bonchev–Trinajstić information content (AvgIpc) is 2.26. The lowest BCUT2D eigenvalue weighted by Crippen LogP contribution is -2.47. The molecule has 0 aliphatic carbocycles. The molecule has 0 atom stereocenters. The Labute approximate surface area is 103 Å². The number of ether oxygens (including phenoxy) is 2. The van der Waals surface area contributed by atoms with E-state index in [0.29, 0.717) is 32.5 Å². The molecule has 98 valence electrons. The summed E-state index contributed by atoms with van der Waals surface area (Å²) in [5.41, 5.74) is -1.53. The van der Waals surface area contributed by atoms with E-state index in [-0.39, 0.29) is 11.8 Å². The van der Waals surface area contributed by atoms with Crippen molar-refractivity contribution in [2.75, 3.05) is 13.2 Å². The summed E-state index contributed by atoms with van der Waals surface area (Å²) >= 11 is 0. The molecule has 1 fully saturated rings. The van der Waals surface area contributed by atoms with Gasteiger partial charge in [-0.2, -0.15) is 0 Å².